The van der Waals surface area contributed by atoms with Crippen LogP contribution in [-0.2, 0) is 11.3 Å². The van der Waals surface area contributed by atoms with E-state index in [1.54, 1.807) is 13.3 Å². The summed E-state index contributed by atoms with van der Waals surface area (Å²) in [6, 6.07) is 11.4. The van der Waals surface area contributed by atoms with Crippen LogP contribution in [0, 0.1) is 6.92 Å². The molecule has 3 rings (SSSR count). The van der Waals surface area contributed by atoms with Gasteiger partial charge < -0.3 is 20.1 Å². The number of thiazole rings is 1. The maximum atomic E-state index is 12.2. The summed E-state index contributed by atoms with van der Waals surface area (Å²) in [4.78, 5) is 16.4. The number of hydrogen-bond donors (Lipinski definition) is 2. The fourth-order valence-corrected chi connectivity index (χ4v) is 3.61. The van der Waals surface area contributed by atoms with Gasteiger partial charge in [-0.2, -0.15) is 0 Å². The molecule has 0 aliphatic heterocycles. The maximum Gasteiger partial charge on any atom is 0.262 e. The minimum atomic E-state index is -0.243. The fourth-order valence-electron chi connectivity index (χ4n) is 2.48. The van der Waals surface area contributed by atoms with Crippen molar-refractivity contribution < 1.29 is 14.3 Å². The standard InChI is InChI=1S/C20H20BrN3O3S/c1-13-3-5-15(6-4-13)24-18(25)12-27-19-16(21)9-14(10-17(19)26-2)11-23-20-22-7-8-28-20/h3-10H,11-12H2,1-2H3,(H,22,23)(H,24,25). The Morgan fingerprint density at radius 3 is 2.71 bits per heavy atom. The van der Waals surface area contributed by atoms with Gasteiger partial charge in [0, 0.05) is 23.8 Å². The van der Waals surface area contributed by atoms with E-state index in [9.17, 15) is 4.79 Å². The van der Waals surface area contributed by atoms with Crippen molar-refractivity contribution in [1.29, 1.82) is 0 Å². The summed E-state index contributed by atoms with van der Waals surface area (Å²) in [7, 11) is 1.57. The van der Waals surface area contributed by atoms with Crippen molar-refractivity contribution in [1.82, 2.24) is 4.98 Å². The van der Waals surface area contributed by atoms with Crippen molar-refractivity contribution in [2.45, 2.75) is 13.5 Å². The van der Waals surface area contributed by atoms with Gasteiger partial charge in [0.25, 0.3) is 5.91 Å². The topological polar surface area (TPSA) is 72.5 Å². The predicted molar refractivity (Wildman–Crippen MR) is 115 cm³/mol. The summed E-state index contributed by atoms with van der Waals surface area (Å²) in [6.45, 7) is 2.46. The first-order chi connectivity index (χ1) is 13.5. The minimum absolute atomic E-state index is 0.125. The summed E-state index contributed by atoms with van der Waals surface area (Å²) in [5, 5.41) is 8.82. The Labute approximate surface area is 176 Å². The van der Waals surface area contributed by atoms with Crippen molar-refractivity contribution in [2.75, 3.05) is 24.4 Å². The first-order valence-electron chi connectivity index (χ1n) is 8.54. The quantitative estimate of drug-likeness (QED) is 0.501. The van der Waals surface area contributed by atoms with Crippen molar-refractivity contribution in [2.24, 2.45) is 0 Å². The zero-order chi connectivity index (χ0) is 19.9. The normalized spacial score (nSPS) is 10.4. The lowest BCUT2D eigenvalue weighted by Gasteiger charge is -2.15. The van der Waals surface area contributed by atoms with E-state index >= 15 is 0 Å². The number of hydrogen-bond acceptors (Lipinski definition) is 6. The molecule has 0 saturated heterocycles. The van der Waals surface area contributed by atoms with E-state index in [1.165, 1.54) is 11.3 Å². The highest BCUT2D eigenvalue weighted by molar-refractivity contribution is 9.10. The lowest BCUT2D eigenvalue weighted by molar-refractivity contribution is -0.118. The lowest BCUT2D eigenvalue weighted by atomic mass is 10.2. The van der Waals surface area contributed by atoms with Gasteiger partial charge in [-0.1, -0.05) is 17.7 Å². The number of nitrogens with zero attached hydrogens (tertiary/aromatic N) is 1. The lowest BCUT2D eigenvalue weighted by Crippen LogP contribution is -2.20. The number of rotatable bonds is 8. The van der Waals surface area contributed by atoms with E-state index in [0.29, 0.717) is 22.5 Å². The van der Waals surface area contributed by atoms with Gasteiger partial charge in [-0.05, 0) is 52.7 Å². The van der Waals surface area contributed by atoms with Crippen LogP contribution in [0.1, 0.15) is 11.1 Å². The van der Waals surface area contributed by atoms with Gasteiger partial charge in [0.2, 0.25) is 0 Å². The number of ether oxygens (including phenoxy) is 2. The number of nitrogens with one attached hydrogen (secondary N) is 2. The van der Waals surface area contributed by atoms with E-state index in [0.717, 1.165) is 21.9 Å². The number of carbonyl (C=O) groups is 1. The number of methoxy groups -OCH3 is 1. The summed E-state index contributed by atoms with van der Waals surface area (Å²) in [6.07, 6.45) is 1.75. The Bertz CT molecular complexity index is 931. The molecule has 0 aliphatic rings. The van der Waals surface area contributed by atoms with Crippen molar-refractivity contribution in [3.05, 3.63) is 63.6 Å². The van der Waals surface area contributed by atoms with E-state index in [4.69, 9.17) is 9.47 Å². The molecule has 0 aliphatic carbocycles. The number of benzene rings is 2. The first-order valence-corrected chi connectivity index (χ1v) is 10.2. The molecular formula is C20H20BrN3O3S. The molecule has 0 atom stereocenters. The number of aromatic nitrogens is 1. The third-order valence-electron chi connectivity index (χ3n) is 3.85. The van der Waals surface area contributed by atoms with E-state index in [2.05, 4.69) is 31.5 Å². The second-order valence-electron chi connectivity index (χ2n) is 6.00. The fraction of sp³-hybridized carbons (Fsp3) is 0.200. The van der Waals surface area contributed by atoms with Gasteiger partial charge >= 0.3 is 0 Å². The number of carbonyl (C=O) groups excluding carboxylic acids is 1. The summed E-state index contributed by atoms with van der Waals surface area (Å²) >= 11 is 5.04. The molecule has 0 bridgehead atoms. The van der Waals surface area contributed by atoms with Crippen molar-refractivity contribution in [3.8, 4) is 11.5 Å². The van der Waals surface area contributed by atoms with Gasteiger partial charge in [-0.3, -0.25) is 4.79 Å². The van der Waals surface area contributed by atoms with Gasteiger partial charge in [0.15, 0.2) is 23.2 Å². The molecule has 1 aromatic heterocycles. The smallest absolute Gasteiger partial charge is 0.262 e. The molecule has 0 unspecified atom stereocenters. The van der Waals surface area contributed by atoms with Crippen LogP contribution in [0.25, 0.3) is 0 Å². The minimum Gasteiger partial charge on any atom is -0.493 e. The van der Waals surface area contributed by atoms with Crippen LogP contribution in [0.3, 0.4) is 0 Å². The molecule has 0 fully saturated rings. The van der Waals surface area contributed by atoms with E-state index < -0.39 is 0 Å². The summed E-state index contributed by atoms with van der Waals surface area (Å²) in [5.41, 5.74) is 2.86. The molecule has 146 valence electrons. The molecule has 3 aromatic rings. The van der Waals surface area contributed by atoms with Crippen LogP contribution in [0.15, 0.2) is 52.4 Å². The Morgan fingerprint density at radius 1 is 1.25 bits per heavy atom. The summed E-state index contributed by atoms with van der Waals surface area (Å²) < 4.78 is 11.9. The van der Waals surface area contributed by atoms with Crippen LogP contribution in [0.4, 0.5) is 10.8 Å². The molecule has 0 radical (unpaired) electrons. The predicted octanol–water partition coefficient (Wildman–Crippen LogP) is 4.85. The third-order valence-corrected chi connectivity index (χ3v) is 5.17. The molecule has 1 amide bonds. The second kappa shape index (κ2) is 9.57. The van der Waals surface area contributed by atoms with Crippen molar-refractivity contribution in [3.63, 3.8) is 0 Å². The molecule has 2 aromatic carbocycles. The average Bonchev–Trinajstić information content (AvgIpc) is 3.20. The molecular weight excluding hydrogens is 442 g/mol. The van der Waals surface area contributed by atoms with E-state index in [1.807, 2.05) is 48.7 Å². The molecule has 2 N–H and O–H groups in total. The third kappa shape index (κ3) is 5.46. The van der Waals surface area contributed by atoms with Crippen LogP contribution >= 0.6 is 27.3 Å². The van der Waals surface area contributed by atoms with Crippen LogP contribution in [-0.4, -0.2) is 24.6 Å². The Balaban J connectivity index is 1.62. The van der Waals surface area contributed by atoms with Gasteiger partial charge in [-0.15, -0.1) is 11.3 Å². The molecule has 8 heteroatoms. The van der Waals surface area contributed by atoms with Crippen molar-refractivity contribution >= 4 is 44.0 Å². The highest BCUT2D eigenvalue weighted by Gasteiger charge is 2.14. The molecule has 0 spiro atoms. The largest absolute Gasteiger partial charge is 0.493 e. The highest BCUT2D eigenvalue weighted by atomic mass is 79.9. The zero-order valence-corrected chi connectivity index (χ0v) is 17.9. The Morgan fingerprint density at radius 2 is 2.04 bits per heavy atom. The molecule has 6 nitrogen and oxygen atoms in total. The van der Waals surface area contributed by atoms with Crippen LogP contribution in [0.5, 0.6) is 11.5 Å². The maximum absolute atomic E-state index is 12.2. The van der Waals surface area contributed by atoms with Crippen LogP contribution in [0.2, 0.25) is 0 Å². The number of halogens is 1. The molecule has 1 heterocycles. The number of amides is 1. The average molecular weight is 462 g/mol. The highest BCUT2D eigenvalue weighted by Crippen LogP contribution is 2.37. The van der Waals surface area contributed by atoms with E-state index in [-0.39, 0.29) is 12.5 Å². The Kier molecular flexibility index (Phi) is 6.89. The van der Waals surface area contributed by atoms with Gasteiger partial charge in [0.1, 0.15) is 0 Å². The van der Waals surface area contributed by atoms with Gasteiger partial charge in [0.05, 0.1) is 11.6 Å². The van der Waals surface area contributed by atoms with Crippen LogP contribution < -0.4 is 20.1 Å². The molecule has 28 heavy (non-hydrogen) atoms. The SMILES string of the molecule is COc1cc(CNc2nccs2)cc(Br)c1OCC(=O)Nc1ccc(C)cc1. The number of anilines is 2. The van der Waals surface area contributed by atoms with Gasteiger partial charge in [-0.25, -0.2) is 4.98 Å². The Hall–Kier alpha value is -2.58. The molecule has 0 saturated carbocycles. The summed E-state index contributed by atoms with van der Waals surface area (Å²) in [5.74, 6) is 0.792. The zero-order valence-electron chi connectivity index (χ0n) is 15.5. The number of aryl methyl sites for hydroxylation is 1. The monoisotopic (exact) mass is 461 g/mol. The second-order valence-corrected chi connectivity index (χ2v) is 7.75. The first kappa shape index (κ1) is 20.2.